The van der Waals surface area contributed by atoms with Crippen LogP contribution in [-0.4, -0.2) is 11.9 Å². The zero-order valence-corrected chi connectivity index (χ0v) is 9.33. The molecule has 0 bridgehead atoms. The molecule has 14 heavy (non-hydrogen) atoms. The Balaban J connectivity index is 2.55. The van der Waals surface area contributed by atoms with Crippen LogP contribution in [0.2, 0.25) is 6.82 Å². The molecule has 0 saturated carbocycles. The molecule has 0 unspecified atom stereocenters. The molecule has 0 spiro atoms. The van der Waals surface area contributed by atoms with Crippen molar-refractivity contribution in [3.63, 3.8) is 0 Å². The van der Waals surface area contributed by atoms with E-state index in [1.54, 1.807) is 6.82 Å². The zero-order valence-electron chi connectivity index (χ0n) is 9.33. The fourth-order valence-electron chi connectivity index (χ4n) is 1.42. The second-order valence-electron chi connectivity index (χ2n) is 4.35. The minimum atomic E-state index is -0.353. The molecule has 0 aliphatic rings. The van der Waals surface area contributed by atoms with Crippen molar-refractivity contribution in [1.82, 2.24) is 0 Å². The second-order valence-corrected chi connectivity index (χ2v) is 4.35. The Hall–Kier alpha value is -0.755. The van der Waals surface area contributed by atoms with Gasteiger partial charge >= 0.3 is 6.92 Å². The first-order valence-corrected chi connectivity index (χ1v) is 5.36. The maximum absolute atomic E-state index is 9.33. The number of hydrogen-bond donors (Lipinski definition) is 1. The summed E-state index contributed by atoms with van der Waals surface area (Å²) in [5.41, 5.74) is 2.36. The standard InChI is InChI=1S/C12H19BO/c1-10(2)4-5-11-6-8-12(9-7-11)13(3)14/h6-10,14H,4-5H2,1-3H3. The number of hydrogen-bond acceptors (Lipinski definition) is 1. The lowest BCUT2D eigenvalue weighted by atomic mass is 9.64. The van der Waals surface area contributed by atoms with Gasteiger partial charge in [0.05, 0.1) is 0 Å². The molecule has 0 radical (unpaired) electrons. The van der Waals surface area contributed by atoms with Crippen LogP contribution in [0.15, 0.2) is 24.3 Å². The summed E-state index contributed by atoms with van der Waals surface area (Å²) in [5.74, 6) is 0.756. The molecule has 2 heteroatoms. The lowest BCUT2D eigenvalue weighted by Crippen LogP contribution is -2.25. The molecule has 0 fully saturated rings. The Bertz CT molecular complexity index is 264. The van der Waals surface area contributed by atoms with E-state index in [0.717, 1.165) is 17.8 Å². The third-order valence-electron chi connectivity index (χ3n) is 2.47. The minimum absolute atomic E-state index is 0.353. The minimum Gasteiger partial charge on any atom is -0.447 e. The van der Waals surface area contributed by atoms with Gasteiger partial charge in [-0.15, -0.1) is 0 Å². The maximum atomic E-state index is 9.33. The monoisotopic (exact) mass is 190 g/mol. The summed E-state index contributed by atoms with van der Waals surface area (Å²) in [6.07, 6.45) is 2.37. The van der Waals surface area contributed by atoms with E-state index in [9.17, 15) is 5.02 Å². The summed E-state index contributed by atoms with van der Waals surface area (Å²) in [7, 11) is 0. The topological polar surface area (TPSA) is 20.2 Å². The molecular weight excluding hydrogens is 171 g/mol. The normalized spacial score (nSPS) is 10.6. The van der Waals surface area contributed by atoms with E-state index in [-0.39, 0.29) is 6.92 Å². The van der Waals surface area contributed by atoms with Gasteiger partial charge in [0.15, 0.2) is 0 Å². The Labute approximate surface area is 87.3 Å². The second kappa shape index (κ2) is 5.21. The van der Waals surface area contributed by atoms with Gasteiger partial charge < -0.3 is 5.02 Å². The van der Waals surface area contributed by atoms with Crippen LogP contribution in [0.25, 0.3) is 0 Å². The van der Waals surface area contributed by atoms with Crippen molar-refractivity contribution in [2.75, 3.05) is 0 Å². The van der Waals surface area contributed by atoms with Gasteiger partial charge in [0.2, 0.25) is 0 Å². The van der Waals surface area contributed by atoms with Crippen molar-refractivity contribution in [3.8, 4) is 0 Å². The first-order chi connectivity index (χ1) is 6.59. The van der Waals surface area contributed by atoms with Crippen molar-refractivity contribution in [2.45, 2.75) is 33.5 Å². The van der Waals surface area contributed by atoms with E-state index in [1.165, 1.54) is 12.0 Å². The van der Waals surface area contributed by atoms with Gasteiger partial charge in [-0.1, -0.05) is 44.9 Å². The van der Waals surface area contributed by atoms with Gasteiger partial charge in [-0.05, 0) is 29.8 Å². The van der Waals surface area contributed by atoms with Crippen LogP contribution in [-0.2, 0) is 6.42 Å². The van der Waals surface area contributed by atoms with E-state index in [0.29, 0.717) is 0 Å². The van der Waals surface area contributed by atoms with Gasteiger partial charge in [0, 0.05) is 0 Å². The van der Waals surface area contributed by atoms with Crippen LogP contribution < -0.4 is 5.46 Å². The molecule has 0 aliphatic heterocycles. The quantitative estimate of drug-likeness (QED) is 0.720. The molecule has 1 rings (SSSR count). The molecule has 0 heterocycles. The van der Waals surface area contributed by atoms with Crippen molar-refractivity contribution in [3.05, 3.63) is 29.8 Å². The van der Waals surface area contributed by atoms with Crippen molar-refractivity contribution in [2.24, 2.45) is 5.92 Å². The van der Waals surface area contributed by atoms with Crippen LogP contribution >= 0.6 is 0 Å². The van der Waals surface area contributed by atoms with Gasteiger partial charge in [0.25, 0.3) is 0 Å². The first-order valence-electron chi connectivity index (χ1n) is 5.36. The summed E-state index contributed by atoms with van der Waals surface area (Å²) < 4.78 is 0. The Kier molecular flexibility index (Phi) is 4.21. The van der Waals surface area contributed by atoms with Crippen LogP contribution in [0, 0.1) is 5.92 Å². The van der Waals surface area contributed by atoms with Gasteiger partial charge in [-0.2, -0.15) is 0 Å². The van der Waals surface area contributed by atoms with Gasteiger partial charge in [-0.3, -0.25) is 0 Å². The molecule has 1 aromatic rings. The number of rotatable bonds is 4. The fourth-order valence-corrected chi connectivity index (χ4v) is 1.42. The predicted octanol–water partition coefficient (Wildman–Crippen LogP) is 2.10. The molecule has 0 atom stereocenters. The van der Waals surface area contributed by atoms with E-state index >= 15 is 0 Å². The number of aryl methyl sites for hydroxylation is 1. The van der Waals surface area contributed by atoms with Crippen LogP contribution in [0.5, 0.6) is 0 Å². The average Bonchev–Trinajstić information content (AvgIpc) is 2.15. The maximum Gasteiger partial charge on any atom is 0.320 e. The molecule has 76 valence electrons. The van der Waals surface area contributed by atoms with Crippen LogP contribution in [0.1, 0.15) is 25.8 Å². The first kappa shape index (κ1) is 11.3. The Morgan fingerprint density at radius 2 is 1.79 bits per heavy atom. The third-order valence-corrected chi connectivity index (χ3v) is 2.47. The fraction of sp³-hybridized carbons (Fsp3) is 0.500. The summed E-state index contributed by atoms with van der Waals surface area (Å²) in [5, 5.41) is 9.33. The lowest BCUT2D eigenvalue weighted by Gasteiger charge is -2.06. The SMILES string of the molecule is CB(O)c1ccc(CCC(C)C)cc1. The Morgan fingerprint density at radius 3 is 2.21 bits per heavy atom. The number of benzene rings is 1. The summed E-state index contributed by atoms with van der Waals surface area (Å²) in [6, 6.07) is 8.26. The zero-order chi connectivity index (χ0) is 10.6. The van der Waals surface area contributed by atoms with E-state index < -0.39 is 0 Å². The molecular formula is C12H19BO. The lowest BCUT2D eigenvalue weighted by molar-refractivity contribution is 0.586. The van der Waals surface area contributed by atoms with E-state index in [4.69, 9.17) is 0 Å². The van der Waals surface area contributed by atoms with Crippen LogP contribution in [0.4, 0.5) is 0 Å². The highest BCUT2D eigenvalue weighted by Crippen LogP contribution is 2.07. The molecule has 0 saturated heterocycles. The average molecular weight is 190 g/mol. The van der Waals surface area contributed by atoms with Gasteiger partial charge in [0.1, 0.15) is 0 Å². The highest BCUT2D eigenvalue weighted by molar-refractivity contribution is 6.64. The largest absolute Gasteiger partial charge is 0.447 e. The van der Waals surface area contributed by atoms with Crippen molar-refractivity contribution < 1.29 is 5.02 Å². The van der Waals surface area contributed by atoms with E-state index in [2.05, 4.69) is 26.0 Å². The molecule has 0 aromatic heterocycles. The van der Waals surface area contributed by atoms with E-state index in [1.807, 2.05) is 12.1 Å². The molecule has 1 aromatic carbocycles. The Morgan fingerprint density at radius 1 is 1.21 bits per heavy atom. The molecule has 1 N–H and O–H groups in total. The summed E-state index contributed by atoms with van der Waals surface area (Å²) in [4.78, 5) is 0. The van der Waals surface area contributed by atoms with Crippen LogP contribution in [0.3, 0.4) is 0 Å². The molecule has 0 aliphatic carbocycles. The summed E-state index contributed by atoms with van der Waals surface area (Å²) in [6.45, 7) is 5.92. The highest BCUT2D eigenvalue weighted by atomic mass is 16.2. The smallest absolute Gasteiger partial charge is 0.320 e. The predicted molar refractivity (Wildman–Crippen MR) is 63.1 cm³/mol. The van der Waals surface area contributed by atoms with Crippen molar-refractivity contribution >= 4 is 12.4 Å². The van der Waals surface area contributed by atoms with Gasteiger partial charge in [-0.25, -0.2) is 0 Å². The molecule has 0 amide bonds. The molecule has 1 nitrogen and oxygen atoms in total. The highest BCUT2D eigenvalue weighted by Gasteiger charge is 2.05. The third kappa shape index (κ3) is 3.55. The van der Waals surface area contributed by atoms with Crippen molar-refractivity contribution in [1.29, 1.82) is 0 Å². The summed E-state index contributed by atoms with van der Waals surface area (Å²) >= 11 is 0.